The molecular weight excluding hydrogens is 295 g/mol. The van der Waals surface area contributed by atoms with E-state index in [1.165, 1.54) is 6.07 Å². The predicted octanol–water partition coefficient (Wildman–Crippen LogP) is 2.63. The molecule has 2 N–H and O–H groups in total. The summed E-state index contributed by atoms with van der Waals surface area (Å²) >= 11 is 5.88. The monoisotopic (exact) mass is 303 g/mol. The van der Waals surface area contributed by atoms with Crippen LogP contribution in [-0.2, 0) is 5.54 Å². The van der Waals surface area contributed by atoms with E-state index in [-0.39, 0.29) is 34.9 Å². The van der Waals surface area contributed by atoms with Gasteiger partial charge in [-0.15, -0.1) is 5.10 Å². The molecule has 1 saturated carbocycles. The summed E-state index contributed by atoms with van der Waals surface area (Å²) in [6.07, 6.45) is -4.51. The molecule has 0 bridgehead atoms. The minimum absolute atomic E-state index is 0.0279. The second-order valence-corrected chi connectivity index (χ2v) is 5.05. The third-order valence-electron chi connectivity index (χ3n) is 3.42. The molecule has 1 aliphatic rings. The summed E-state index contributed by atoms with van der Waals surface area (Å²) < 4.78 is 40.3. The average molecular weight is 304 g/mol. The number of halogens is 4. The molecule has 0 atom stereocenters. The number of anilines is 1. The fourth-order valence-corrected chi connectivity index (χ4v) is 2.28. The molecule has 106 valence electrons. The molecule has 0 spiro atoms. The first kappa shape index (κ1) is 13.2. The van der Waals surface area contributed by atoms with Crippen LogP contribution in [0.4, 0.5) is 18.9 Å². The van der Waals surface area contributed by atoms with Gasteiger partial charge in [0, 0.05) is 5.56 Å². The third kappa shape index (κ3) is 1.75. The van der Waals surface area contributed by atoms with Gasteiger partial charge in [-0.2, -0.15) is 13.2 Å². The lowest BCUT2D eigenvalue weighted by molar-refractivity contribution is -0.182. The van der Waals surface area contributed by atoms with Crippen LogP contribution >= 0.6 is 11.6 Å². The number of nitrogens with two attached hydrogens (primary N) is 1. The van der Waals surface area contributed by atoms with Gasteiger partial charge in [-0.05, 0) is 35.4 Å². The molecule has 3 rings (SSSR count). The highest BCUT2D eigenvalue weighted by atomic mass is 35.5. The Morgan fingerprint density at radius 2 is 2.00 bits per heavy atom. The number of nitrogen functional groups attached to an aromatic ring is 1. The van der Waals surface area contributed by atoms with Crippen LogP contribution in [0.5, 0.6) is 0 Å². The number of alkyl halides is 3. The van der Waals surface area contributed by atoms with Gasteiger partial charge in [0.15, 0.2) is 11.4 Å². The Hall–Kier alpha value is -1.83. The molecule has 2 aromatic rings. The number of hydrogen-bond donors (Lipinski definition) is 1. The first-order chi connectivity index (χ1) is 9.37. The largest absolute Gasteiger partial charge is 0.413 e. The summed E-state index contributed by atoms with van der Waals surface area (Å²) in [6, 6.07) is 4.67. The number of benzene rings is 1. The Balaban J connectivity index is 2.15. The van der Waals surface area contributed by atoms with Gasteiger partial charge in [0.2, 0.25) is 0 Å². The molecule has 1 aromatic carbocycles. The third-order valence-corrected chi connectivity index (χ3v) is 3.75. The van der Waals surface area contributed by atoms with Gasteiger partial charge >= 0.3 is 6.18 Å². The zero-order valence-corrected chi connectivity index (χ0v) is 10.8. The molecule has 0 radical (unpaired) electrons. The van der Waals surface area contributed by atoms with Crippen molar-refractivity contribution >= 4 is 17.3 Å². The van der Waals surface area contributed by atoms with Crippen molar-refractivity contribution in [3.05, 3.63) is 23.2 Å². The summed E-state index contributed by atoms with van der Waals surface area (Å²) in [4.78, 5) is 0. The van der Waals surface area contributed by atoms with Crippen LogP contribution in [0.2, 0.25) is 5.02 Å². The molecule has 0 unspecified atom stereocenters. The summed E-state index contributed by atoms with van der Waals surface area (Å²) in [5, 5.41) is 10.8. The number of rotatable bonds is 2. The summed E-state index contributed by atoms with van der Waals surface area (Å²) in [5.74, 6) is -0.0279. The van der Waals surface area contributed by atoms with E-state index in [0.717, 1.165) is 4.68 Å². The minimum atomic E-state index is -4.41. The van der Waals surface area contributed by atoms with Gasteiger partial charge < -0.3 is 5.73 Å². The van der Waals surface area contributed by atoms with Crippen LogP contribution in [-0.4, -0.2) is 26.4 Å². The van der Waals surface area contributed by atoms with Crippen molar-refractivity contribution in [2.45, 2.75) is 24.6 Å². The summed E-state index contributed by atoms with van der Waals surface area (Å²) in [6.45, 7) is 0. The molecule has 0 saturated heterocycles. The number of tetrazole rings is 1. The van der Waals surface area contributed by atoms with E-state index >= 15 is 0 Å². The van der Waals surface area contributed by atoms with Crippen molar-refractivity contribution in [3.8, 4) is 11.4 Å². The first-order valence-electron chi connectivity index (χ1n) is 5.77. The van der Waals surface area contributed by atoms with E-state index in [2.05, 4.69) is 15.5 Å². The molecule has 1 fully saturated rings. The SMILES string of the molecule is Nc1c(Cl)cccc1-c1nnnn1C1(C(F)(F)F)CC1. The molecule has 20 heavy (non-hydrogen) atoms. The molecule has 9 heteroatoms. The number of aromatic nitrogens is 4. The van der Waals surface area contributed by atoms with E-state index in [9.17, 15) is 13.2 Å². The van der Waals surface area contributed by atoms with E-state index in [0.29, 0.717) is 0 Å². The van der Waals surface area contributed by atoms with Gasteiger partial charge in [0.05, 0.1) is 10.7 Å². The van der Waals surface area contributed by atoms with Gasteiger partial charge in [-0.1, -0.05) is 17.7 Å². The van der Waals surface area contributed by atoms with E-state index in [1.54, 1.807) is 12.1 Å². The van der Waals surface area contributed by atoms with Crippen molar-refractivity contribution in [2.75, 3.05) is 5.73 Å². The van der Waals surface area contributed by atoms with Crippen molar-refractivity contribution in [3.63, 3.8) is 0 Å². The topological polar surface area (TPSA) is 69.6 Å². The average Bonchev–Trinajstić information content (AvgIpc) is 3.06. The van der Waals surface area contributed by atoms with Crippen molar-refractivity contribution in [2.24, 2.45) is 0 Å². The Labute approximate surface area is 116 Å². The highest BCUT2D eigenvalue weighted by Crippen LogP contribution is 2.56. The predicted molar refractivity (Wildman–Crippen MR) is 65.9 cm³/mol. The molecule has 0 aliphatic heterocycles. The van der Waals surface area contributed by atoms with Crippen LogP contribution in [0, 0.1) is 0 Å². The maximum absolute atomic E-state index is 13.2. The number of hydrogen-bond acceptors (Lipinski definition) is 4. The Morgan fingerprint density at radius 3 is 2.60 bits per heavy atom. The highest BCUT2D eigenvalue weighted by Gasteiger charge is 2.66. The zero-order valence-electron chi connectivity index (χ0n) is 10.0. The lowest BCUT2D eigenvalue weighted by atomic mass is 10.1. The Kier molecular flexibility index (Phi) is 2.69. The second-order valence-electron chi connectivity index (χ2n) is 4.64. The van der Waals surface area contributed by atoms with Crippen LogP contribution in [0.1, 0.15) is 12.8 Å². The Morgan fingerprint density at radius 1 is 1.30 bits per heavy atom. The summed E-state index contributed by atoms with van der Waals surface area (Å²) in [5.41, 5.74) is 4.21. The van der Waals surface area contributed by atoms with Gasteiger partial charge in [-0.25, -0.2) is 4.68 Å². The van der Waals surface area contributed by atoms with Crippen molar-refractivity contribution < 1.29 is 13.2 Å². The maximum Gasteiger partial charge on any atom is 0.413 e. The van der Waals surface area contributed by atoms with Crippen LogP contribution in [0.25, 0.3) is 11.4 Å². The quantitative estimate of drug-likeness (QED) is 0.866. The second kappa shape index (κ2) is 4.08. The van der Waals surface area contributed by atoms with Gasteiger partial charge in [-0.3, -0.25) is 0 Å². The lowest BCUT2D eigenvalue weighted by Gasteiger charge is -2.20. The minimum Gasteiger partial charge on any atom is -0.397 e. The van der Waals surface area contributed by atoms with Gasteiger partial charge in [0.25, 0.3) is 0 Å². The molecular formula is C11H9ClF3N5. The van der Waals surface area contributed by atoms with Crippen LogP contribution in [0.15, 0.2) is 18.2 Å². The fourth-order valence-electron chi connectivity index (χ4n) is 2.11. The first-order valence-corrected chi connectivity index (χ1v) is 6.14. The van der Waals surface area contributed by atoms with Crippen molar-refractivity contribution in [1.29, 1.82) is 0 Å². The standard InChI is InChI=1S/C11H9ClF3N5/c12-7-3-1-2-6(8(7)16)9-17-18-19-20(9)10(4-5-10)11(13,14)15/h1-3H,4-5,16H2. The van der Waals surface area contributed by atoms with Crippen LogP contribution in [0.3, 0.4) is 0 Å². The van der Waals surface area contributed by atoms with E-state index in [1.807, 2.05) is 0 Å². The fraction of sp³-hybridized carbons (Fsp3) is 0.364. The highest BCUT2D eigenvalue weighted by molar-refractivity contribution is 6.33. The molecule has 1 aromatic heterocycles. The zero-order chi connectivity index (χ0) is 14.5. The normalized spacial score (nSPS) is 17.2. The van der Waals surface area contributed by atoms with Crippen molar-refractivity contribution in [1.82, 2.24) is 20.2 Å². The van der Waals surface area contributed by atoms with Crippen LogP contribution < -0.4 is 5.73 Å². The van der Waals surface area contributed by atoms with Gasteiger partial charge in [0.1, 0.15) is 0 Å². The van der Waals surface area contributed by atoms with E-state index < -0.39 is 11.7 Å². The number of nitrogens with zero attached hydrogens (tertiary/aromatic N) is 4. The summed E-state index contributed by atoms with van der Waals surface area (Å²) in [7, 11) is 0. The molecule has 1 heterocycles. The lowest BCUT2D eigenvalue weighted by Crippen LogP contribution is -2.36. The van der Waals surface area contributed by atoms with E-state index in [4.69, 9.17) is 17.3 Å². The maximum atomic E-state index is 13.2. The number of para-hydroxylation sites is 1. The Bertz CT molecular complexity index is 662. The molecule has 5 nitrogen and oxygen atoms in total. The molecule has 0 amide bonds. The molecule has 1 aliphatic carbocycles. The smallest absolute Gasteiger partial charge is 0.397 e.